The Bertz CT molecular complexity index is 1420. The number of para-hydroxylation sites is 1. The average Bonchev–Trinajstić information content (AvgIpc) is 3.06. The van der Waals surface area contributed by atoms with E-state index < -0.39 is 44.3 Å². The second-order valence-corrected chi connectivity index (χ2v) is 10.2. The normalized spacial score (nSPS) is 12.8. The number of sulfonamides is 1. The maximum atomic E-state index is 13.6. The Kier molecular flexibility index (Phi) is 7.03. The molecule has 0 spiro atoms. The quantitative estimate of drug-likeness (QED) is 0.432. The molecule has 0 saturated carbocycles. The summed E-state index contributed by atoms with van der Waals surface area (Å²) in [5, 5.41) is 2.27. The number of aryl methyl sites for hydroxylation is 1. The van der Waals surface area contributed by atoms with E-state index in [1.54, 1.807) is 0 Å². The van der Waals surface area contributed by atoms with Crippen molar-refractivity contribution < 1.29 is 39.6 Å². The van der Waals surface area contributed by atoms with Gasteiger partial charge in [-0.15, -0.1) is 0 Å². The second kappa shape index (κ2) is 9.28. The van der Waals surface area contributed by atoms with Crippen LogP contribution in [0, 0.1) is 13.8 Å². The zero-order valence-corrected chi connectivity index (χ0v) is 20.2. The Labute approximate surface area is 203 Å². The number of hydrogen-bond donors (Lipinski definition) is 1. The van der Waals surface area contributed by atoms with Gasteiger partial charge in [-0.2, -0.15) is 26.3 Å². The highest BCUT2D eigenvalue weighted by Crippen LogP contribution is 2.38. The summed E-state index contributed by atoms with van der Waals surface area (Å²) in [6, 6.07) is 8.32. The number of alkyl halides is 6. The predicted molar refractivity (Wildman–Crippen MR) is 121 cm³/mol. The van der Waals surface area contributed by atoms with Crippen molar-refractivity contribution in [1.29, 1.82) is 0 Å². The summed E-state index contributed by atoms with van der Waals surface area (Å²) in [6.07, 6.45) is -9.71. The number of nitrogens with one attached hydrogen (secondary N) is 1. The molecule has 0 fully saturated rings. The summed E-state index contributed by atoms with van der Waals surface area (Å²) < 4.78 is 108. The zero-order chi connectivity index (χ0) is 27.2. The Morgan fingerprint density at radius 2 is 1.47 bits per heavy atom. The molecule has 3 rings (SSSR count). The number of anilines is 1. The lowest BCUT2D eigenvalue weighted by atomic mass is 10.1. The Balaban J connectivity index is 2.04. The maximum absolute atomic E-state index is 13.6. The van der Waals surface area contributed by atoms with Gasteiger partial charge < -0.3 is 9.88 Å². The molecular weight excluding hydrogens is 512 g/mol. The van der Waals surface area contributed by atoms with Crippen molar-refractivity contribution >= 4 is 21.6 Å². The van der Waals surface area contributed by atoms with Gasteiger partial charge in [-0.25, -0.2) is 12.7 Å². The van der Waals surface area contributed by atoms with Crippen LogP contribution < -0.4 is 5.32 Å². The van der Waals surface area contributed by atoms with Crippen molar-refractivity contribution in [3.8, 4) is 5.69 Å². The van der Waals surface area contributed by atoms with Crippen LogP contribution >= 0.6 is 0 Å². The Hall–Kier alpha value is -3.32. The number of halogens is 6. The van der Waals surface area contributed by atoms with Gasteiger partial charge in [0.25, 0.3) is 5.91 Å². The summed E-state index contributed by atoms with van der Waals surface area (Å²) in [4.78, 5) is 11.9. The third-order valence-corrected chi connectivity index (χ3v) is 7.30. The molecule has 0 unspecified atom stereocenters. The van der Waals surface area contributed by atoms with E-state index in [0.29, 0.717) is 10.4 Å². The topological polar surface area (TPSA) is 71.4 Å². The van der Waals surface area contributed by atoms with E-state index in [1.165, 1.54) is 42.7 Å². The van der Waals surface area contributed by atoms with Gasteiger partial charge >= 0.3 is 12.4 Å². The molecule has 1 N–H and O–H groups in total. The third-order valence-electron chi connectivity index (χ3n) is 5.43. The number of carbonyl (C=O) groups is 1. The van der Waals surface area contributed by atoms with E-state index in [0.717, 1.165) is 32.3 Å². The smallest absolute Gasteiger partial charge is 0.322 e. The Morgan fingerprint density at radius 1 is 0.889 bits per heavy atom. The van der Waals surface area contributed by atoms with Gasteiger partial charge in [0.15, 0.2) is 0 Å². The van der Waals surface area contributed by atoms with E-state index >= 15 is 0 Å². The van der Waals surface area contributed by atoms with Crippen molar-refractivity contribution in [2.45, 2.75) is 31.1 Å². The second-order valence-electron chi connectivity index (χ2n) is 8.09. The van der Waals surface area contributed by atoms with Crippen LogP contribution in [0.1, 0.15) is 32.9 Å². The number of hydrogen-bond acceptors (Lipinski definition) is 3. The standard InChI is InChI=1S/C23H21F6N3O3S/c1-13-11-16(14(2)32(13)19-8-6-5-7-17(19)22(24,25)26)21(33)30-15-9-10-20(36(34,35)31(3)4)18(12-15)23(27,28)29/h5-12H,1-4H3,(H,30,33). The minimum absolute atomic E-state index is 0.0666. The first kappa shape index (κ1) is 27.3. The van der Waals surface area contributed by atoms with Gasteiger partial charge in [0.05, 0.1) is 27.3 Å². The highest BCUT2D eigenvalue weighted by atomic mass is 32.2. The van der Waals surface area contributed by atoms with Crippen molar-refractivity contribution in [2.24, 2.45) is 0 Å². The van der Waals surface area contributed by atoms with Gasteiger partial charge in [0.2, 0.25) is 10.0 Å². The molecule has 194 valence electrons. The van der Waals surface area contributed by atoms with Crippen LogP contribution in [0.4, 0.5) is 32.0 Å². The molecular formula is C23H21F6N3O3S. The van der Waals surface area contributed by atoms with Gasteiger partial charge in [0, 0.05) is 31.2 Å². The van der Waals surface area contributed by atoms with Gasteiger partial charge in [-0.05, 0) is 50.2 Å². The molecule has 3 aromatic rings. The minimum atomic E-state index is -5.05. The lowest BCUT2D eigenvalue weighted by Crippen LogP contribution is -2.25. The molecule has 6 nitrogen and oxygen atoms in total. The molecule has 0 aliphatic rings. The number of aromatic nitrogens is 1. The molecule has 1 aromatic heterocycles. The highest BCUT2D eigenvalue weighted by molar-refractivity contribution is 7.89. The van der Waals surface area contributed by atoms with E-state index in [-0.39, 0.29) is 28.3 Å². The molecule has 0 aliphatic carbocycles. The Morgan fingerprint density at radius 3 is 2.03 bits per heavy atom. The first-order valence-electron chi connectivity index (χ1n) is 10.3. The molecule has 13 heteroatoms. The largest absolute Gasteiger partial charge is 0.418 e. The predicted octanol–water partition coefficient (Wildman–Crippen LogP) is 5.63. The summed E-state index contributed by atoms with van der Waals surface area (Å²) >= 11 is 0. The summed E-state index contributed by atoms with van der Waals surface area (Å²) in [6.45, 7) is 2.89. The van der Waals surface area contributed by atoms with Gasteiger partial charge in [0.1, 0.15) is 0 Å². The molecule has 36 heavy (non-hydrogen) atoms. The van der Waals surface area contributed by atoms with Gasteiger partial charge in [-0.3, -0.25) is 4.79 Å². The molecule has 1 amide bonds. The fraction of sp³-hybridized carbons (Fsp3) is 0.261. The first-order chi connectivity index (χ1) is 16.5. The van der Waals surface area contributed by atoms with Crippen molar-refractivity contribution in [1.82, 2.24) is 8.87 Å². The van der Waals surface area contributed by atoms with Crippen LogP contribution in [-0.4, -0.2) is 37.3 Å². The number of amides is 1. The lowest BCUT2D eigenvalue weighted by molar-refractivity contribution is -0.140. The molecule has 1 heterocycles. The van der Waals surface area contributed by atoms with Crippen LogP contribution in [0.25, 0.3) is 5.69 Å². The van der Waals surface area contributed by atoms with E-state index in [2.05, 4.69) is 5.32 Å². The zero-order valence-electron chi connectivity index (χ0n) is 19.4. The molecule has 0 radical (unpaired) electrons. The number of rotatable bonds is 5. The van der Waals surface area contributed by atoms with Crippen LogP contribution in [0.5, 0.6) is 0 Å². The van der Waals surface area contributed by atoms with Gasteiger partial charge in [-0.1, -0.05) is 12.1 Å². The highest BCUT2D eigenvalue weighted by Gasteiger charge is 2.38. The summed E-state index contributed by atoms with van der Waals surface area (Å²) in [5.74, 6) is -0.879. The van der Waals surface area contributed by atoms with E-state index in [9.17, 15) is 39.6 Å². The van der Waals surface area contributed by atoms with E-state index in [4.69, 9.17) is 0 Å². The first-order valence-corrected chi connectivity index (χ1v) is 11.7. The lowest BCUT2D eigenvalue weighted by Gasteiger charge is -2.18. The van der Waals surface area contributed by atoms with Crippen molar-refractivity contribution in [2.75, 3.05) is 19.4 Å². The van der Waals surface area contributed by atoms with Crippen molar-refractivity contribution in [3.63, 3.8) is 0 Å². The van der Waals surface area contributed by atoms with Crippen LogP contribution in [0.2, 0.25) is 0 Å². The summed E-state index contributed by atoms with van der Waals surface area (Å²) in [7, 11) is -2.28. The summed E-state index contributed by atoms with van der Waals surface area (Å²) in [5.41, 5.74) is -2.60. The SMILES string of the molecule is Cc1cc(C(=O)Nc2ccc(S(=O)(=O)N(C)C)c(C(F)(F)F)c2)c(C)n1-c1ccccc1C(F)(F)F. The van der Waals surface area contributed by atoms with Crippen LogP contribution in [0.15, 0.2) is 53.4 Å². The number of nitrogens with zero attached hydrogens (tertiary/aromatic N) is 2. The van der Waals surface area contributed by atoms with E-state index in [1.807, 2.05) is 0 Å². The molecule has 0 aliphatic heterocycles. The van der Waals surface area contributed by atoms with Crippen LogP contribution in [0.3, 0.4) is 0 Å². The molecule has 2 aromatic carbocycles. The molecule has 0 atom stereocenters. The number of carbonyl (C=O) groups excluding carboxylic acids is 1. The van der Waals surface area contributed by atoms with Crippen molar-refractivity contribution in [3.05, 3.63) is 76.6 Å². The fourth-order valence-electron chi connectivity index (χ4n) is 3.72. The maximum Gasteiger partial charge on any atom is 0.418 e. The average molecular weight is 533 g/mol. The monoisotopic (exact) mass is 533 g/mol. The minimum Gasteiger partial charge on any atom is -0.322 e. The molecule has 0 bridgehead atoms. The fourth-order valence-corrected chi connectivity index (χ4v) is 4.81. The number of benzene rings is 2. The molecule has 0 saturated heterocycles. The third kappa shape index (κ3) is 5.12. The van der Waals surface area contributed by atoms with Crippen LogP contribution in [-0.2, 0) is 22.4 Å².